The highest BCUT2D eigenvalue weighted by Crippen LogP contribution is 2.22. The zero-order valence-electron chi connectivity index (χ0n) is 9.36. The van der Waals surface area contributed by atoms with Gasteiger partial charge in [-0.05, 0) is 18.4 Å². The van der Waals surface area contributed by atoms with E-state index in [0.717, 1.165) is 12.1 Å². The molecule has 0 aliphatic heterocycles. The van der Waals surface area contributed by atoms with Crippen molar-refractivity contribution in [2.45, 2.75) is 6.92 Å². The lowest BCUT2D eigenvalue weighted by Gasteiger charge is -2.09. The molecule has 2 aromatic rings. The molecular formula is C14H16ClN. The van der Waals surface area contributed by atoms with Crippen molar-refractivity contribution in [1.82, 2.24) is 0 Å². The molecule has 1 nitrogen and oxygen atoms in total. The van der Waals surface area contributed by atoms with E-state index in [2.05, 4.69) is 54.4 Å². The zero-order chi connectivity index (χ0) is 10.7. The number of halogens is 1. The third-order valence-electron chi connectivity index (χ3n) is 2.37. The van der Waals surface area contributed by atoms with Gasteiger partial charge in [-0.25, -0.2) is 0 Å². The molecule has 0 fully saturated rings. The average Bonchev–Trinajstić information content (AvgIpc) is 2.26. The Morgan fingerprint density at radius 3 is 2.56 bits per heavy atom. The van der Waals surface area contributed by atoms with Crippen molar-refractivity contribution < 1.29 is 0 Å². The fourth-order valence-corrected chi connectivity index (χ4v) is 1.63. The second-order valence-electron chi connectivity index (χ2n) is 3.84. The molecule has 0 amide bonds. The van der Waals surface area contributed by atoms with Crippen molar-refractivity contribution in [3.05, 3.63) is 54.6 Å². The molecule has 0 radical (unpaired) electrons. The molecule has 2 heteroatoms. The summed E-state index contributed by atoms with van der Waals surface area (Å²) in [5.74, 6) is 0. The molecule has 0 aromatic heterocycles. The summed E-state index contributed by atoms with van der Waals surface area (Å²) in [6.07, 6.45) is 0. The normalized spacial score (nSPS) is 9.56. The molecule has 0 saturated carbocycles. The maximum Gasteiger partial charge on any atom is 0.0422 e. The quantitative estimate of drug-likeness (QED) is 0.782. The van der Waals surface area contributed by atoms with Crippen LogP contribution in [0.15, 0.2) is 54.6 Å². The van der Waals surface area contributed by atoms with Gasteiger partial charge in [-0.3, -0.25) is 0 Å². The largest absolute Gasteiger partial charge is 0.381 e. The lowest BCUT2D eigenvalue weighted by Crippen LogP contribution is -2.01. The monoisotopic (exact) mass is 233 g/mol. The minimum absolute atomic E-state index is 0. The summed E-state index contributed by atoms with van der Waals surface area (Å²) in [5.41, 5.74) is 2.32. The van der Waals surface area contributed by atoms with Crippen LogP contribution >= 0.6 is 12.4 Å². The molecule has 84 valence electrons. The second kappa shape index (κ2) is 5.57. The van der Waals surface area contributed by atoms with E-state index < -0.39 is 0 Å². The standard InChI is InChI=1S/C14H15N.ClH/c1-11(2)10-15-14-9-5-7-12-6-3-4-8-13(12)14;/h3-9,15H,1,10H2,2H3;1H. The Hall–Kier alpha value is -1.47. The number of fused-ring (bicyclic) bond motifs is 1. The van der Waals surface area contributed by atoms with Crippen molar-refractivity contribution in [3.63, 3.8) is 0 Å². The van der Waals surface area contributed by atoms with Gasteiger partial charge in [0.05, 0.1) is 0 Å². The first-order valence-electron chi connectivity index (χ1n) is 5.13. The topological polar surface area (TPSA) is 12.0 Å². The maximum atomic E-state index is 3.89. The summed E-state index contributed by atoms with van der Waals surface area (Å²) in [5, 5.41) is 5.92. The van der Waals surface area contributed by atoms with E-state index in [-0.39, 0.29) is 12.4 Å². The van der Waals surface area contributed by atoms with Gasteiger partial charge in [0.2, 0.25) is 0 Å². The summed E-state index contributed by atoms with van der Waals surface area (Å²) in [6, 6.07) is 14.7. The Kier molecular flexibility index (Phi) is 4.39. The Morgan fingerprint density at radius 1 is 1.12 bits per heavy atom. The van der Waals surface area contributed by atoms with Gasteiger partial charge < -0.3 is 5.32 Å². The van der Waals surface area contributed by atoms with Crippen molar-refractivity contribution >= 4 is 28.9 Å². The van der Waals surface area contributed by atoms with Gasteiger partial charge in [-0.2, -0.15) is 0 Å². The first-order chi connectivity index (χ1) is 7.27. The predicted molar refractivity (Wildman–Crippen MR) is 74.5 cm³/mol. The lowest BCUT2D eigenvalue weighted by molar-refractivity contribution is 1.22. The van der Waals surface area contributed by atoms with Crippen LogP contribution in [0.5, 0.6) is 0 Å². The molecule has 1 N–H and O–H groups in total. The Morgan fingerprint density at radius 2 is 1.81 bits per heavy atom. The maximum absolute atomic E-state index is 3.89. The Bertz CT molecular complexity index is 486. The van der Waals surface area contributed by atoms with Gasteiger partial charge in [-0.15, -0.1) is 12.4 Å². The molecule has 0 bridgehead atoms. The van der Waals surface area contributed by atoms with Crippen LogP contribution in [0, 0.1) is 0 Å². The molecule has 0 unspecified atom stereocenters. The van der Waals surface area contributed by atoms with E-state index in [1.165, 1.54) is 16.5 Å². The van der Waals surface area contributed by atoms with E-state index >= 15 is 0 Å². The molecule has 0 heterocycles. The van der Waals surface area contributed by atoms with E-state index in [9.17, 15) is 0 Å². The fourth-order valence-electron chi connectivity index (χ4n) is 1.63. The number of rotatable bonds is 3. The summed E-state index contributed by atoms with van der Waals surface area (Å²) >= 11 is 0. The molecule has 2 aromatic carbocycles. The van der Waals surface area contributed by atoms with Crippen molar-refractivity contribution in [3.8, 4) is 0 Å². The smallest absolute Gasteiger partial charge is 0.0422 e. The SMILES string of the molecule is C=C(C)CNc1cccc2ccccc12.Cl. The van der Waals surface area contributed by atoms with E-state index in [1.54, 1.807) is 0 Å². The van der Waals surface area contributed by atoms with Gasteiger partial charge in [0.25, 0.3) is 0 Å². The Balaban J connectivity index is 0.00000128. The highest BCUT2D eigenvalue weighted by atomic mass is 35.5. The minimum Gasteiger partial charge on any atom is -0.381 e. The molecular weight excluding hydrogens is 218 g/mol. The molecule has 0 aliphatic rings. The van der Waals surface area contributed by atoms with Crippen molar-refractivity contribution in [1.29, 1.82) is 0 Å². The Labute approximate surface area is 103 Å². The number of benzene rings is 2. The zero-order valence-corrected chi connectivity index (χ0v) is 10.2. The first-order valence-corrected chi connectivity index (χ1v) is 5.13. The highest BCUT2D eigenvalue weighted by molar-refractivity contribution is 5.93. The van der Waals surface area contributed by atoms with Crippen molar-refractivity contribution in [2.24, 2.45) is 0 Å². The van der Waals surface area contributed by atoms with Gasteiger partial charge >= 0.3 is 0 Å². The predicted octanol–water partition coefficient (Wildman–Crippen LogP) is 4.25. The highest BCUT2D eigenvalue weighted by Gasteiger charge is 1.98. The summed E-state index contributed by atoms with van der Waals surface area (Å²) in [6.45, 7) is 6.74. The molecule has 0 saturated heterocycles. The van der Waals surface area contributed by atoms with Crippen LogP contribution in [0.2, 0.25) is 0 Å². The van der Waals surface area contributed by atoms with Gasteiger partial charge in [0, 0.05) is 17.6 Å². The van der Waals surface area contributed by atoms with Crippen LogP contribution in [-0.2, 0) is 0 Å². The number of hydrogen-bond donors (Lipinski definition) is 1. The van der Waals surface area contributed by atoms with E-state index in [1.807, 2.05) is 6.92 Å². The summed E-state index contributed by atoms with van der Waals surface area (Å²) < 4.78 is 0. The van der Waals surface area contributed by atoms with Gasteiger partial charge in [-0.1, -0.05) is 48.6 Å². The second-order valence-corrected chi connectivity index (χ2v) is 3.84. The molecule has 0 aliphatic carbocycles. The van der Waals surface area contributed by atoms with Crippen LogP contribution < -0.4 is 5.32 Å². The number of nitrogens with one attached hydrogen (secondary N) is 1. The third kappa shape index (κ3) is 2.77. The van der Waals surface area contributed by atoms with Crippen LogP contribution in [0.3, 0.4) is 0 Å². The van der Waals surface area contributed by atoms with Crippen LogP contribution in [0.1, 0.15) is 6.92 Å². The summed E-state index contributed by atoms with van der Waals surface area (Å²) in [4.78, 5) is 0. The first kappa shape index (κ1) is 12.6. The molecule has 2 rings (SSSR count). The van der Waals surface area contributed by atoms with Crippen LogP contribution in [-0.4, -0.2) is 6.54 Å². The number of anilines is 1. The minimum atomic E-state index is 0. The molecule has 16 heavy (non-hydrogen) atoms. The fraction of sp³-hybridized carbons (Fsp3) is 0.143. The molecule has 0 atom stereocenters. The third-order valence-corrected chi connectivity index (χ3v) is 2.37. The van der Waals surface area contributed by atoms with E-state index in [4.69, 9.17) is 0 Å². The van der Waals surface area contributed by atoms with Crippen LogP contribution in [0.25, 0.3) is 10.8 Å². The van der Waals surface area contributed by atoms with Gasteiger partial charge in [0.15, 0.2) is 0 Å². The average molecular weight is 234 g/mol. The van der Waals surface area contributed by atoms with Crippen molar-refractivity contribution in [2.75, 3.05) is 11.9 Å². The lowest BCUT2D eigenvalue weighted by atomic mass is 10.1. The van der Waals surface area contributed by atoms with Gasteiger partial charge in [0.1, 0.15) is 0 Å². The molecule has 0 spiro atoms. The van der Waals surface area contributed by atoms with E-state index in [0.29, 0.717) is 0 Å². The van der Waals surface area contributed by atoms with Crippen LogP contribution in [0.4, 0.5) is 5.69 Å². The number of hydrogen-bond acceptors (Lipinski definition) is 1. The summed E-state index contributed by atoms with van der Waals surface area (Å²) in [7, 11) is 0.